The first kappa shape index (κ1) is 14.0. The highest BCUT2D eigenvalue weighted by molar-refractivity contribution is 5.61. The van der Waals surface area contributed by atoms with Gasteiger partial charge in [-0.3, -0.25) is 4.79 Å². The van der Waals surface area contributed by atoms with Crippen LogP contribution in [-0.2, 0) is 6.18 Å². The Bertz CT molecular complexity index is 722. The maximum atomic E-state index is 13.2. The van der Waals surface area contributed by atoms with Crippen LogP contribution in [0.25, 0.3) is 11.4 Å². The fourth-order valence-corrected chi connectivity index (χ4v) is 1.61. The minimum Gasteiger partial charge on any atom is -0.493 e. The van der Waals surface area contributed by atoms with E-state index in [-0.39, 0.29) is 5.56 Å². The van der Waals surface area contributed by atoms with Crippen LogP contribution in [0.3, 0.4) is 0 Å². The number of nitrogens with zero attached hydrogens (tertiary/aromatic N) is 1. The summed E-state index contributed by atoms with van der Waals surface area (Å²) in [6, 6.07) is 1.79. The van der Waals surface area contributed by atoms with Gasteiger partial charge in [0.25, 0.3) is 5.56 Å². The Labute approximate surface area is 109 Å². The van der Waals surface area contributed by atoms with Gasteiger partial charge in [-0.25, -0.2) is 4.39 Å². The summed E-state index contributed by atoms with van der Waals surface area (Å²) in [5.41, 5.74) is -2.75. The van der Waals surface area contributed by atoms with Gasteiger partial charge in [-0.2, -0.15) is 18.2 Å². The fraction of sp³-hybridized carbons (Fsp3) is 0.167. The number of aromatic amines is 1. The van der Waals surface area contributed by atoms with Crippen molar-refractivity contribution in [3.63, 3.8) is 0 Å². The maximum absolute atomic E-state index is 13.2. The molecule has 0 saturated carbocycles. The number of halogens is 4. The Morgan fingerprint density at radius 1 is 1.30 bits per heavy atom. The number of aromatic hydroxyl groups is 1. The number of rotatable bonds is 1. The Morgan fingerprint density at radius 2 is 1.95 bits per heavy atom. The zero-order chi connectivity index (χ0) is 15.1. The van der Waals surface area contributed by atoms with Crippen molar-refractivity contribution in [3.05, 3.63) is 45.5 Å². The third-order valence-electron chi connectivity index (χ3n) is 2.67. The number of benzene rings is 1. The zero-order valence-corrected chi connectivity index (χ0v) is 10.0. The van der Waals surface area contributed by atoms with E-state index < -0.39 is 40.4 Å². The Kier molecular flexibility index (Phi) is 3.24. The van der Waals surface area contributed by atoms with Crippen molar-refractivity contribution in [2.75, 3.05) is 0 Å². The minimum absolute atomic E-state index is 0.140. The number of hydrogen-bond acceptors (Lipinski definition) is 3. The monoisotopic (exact) mass is 288 g/mol. The number of aromatic nitrogens is 2. The van der Waals surface area contributed by atoms with Gasteiger partial charge in [0, 0.05) is 5.56 Å². The third-order valence-corrected chi connectivity index (χ3v) is 2.67. The fourth-order valence-electron chi connectivity index (χ4n) is 1.61. The number of alkyl halides is 3. The lowest BCUT2D eigenvalue weighted by Gasteiger charge is -2.12. The highest BCUT2D eigenvalue weighted by Gasteiger charge is 2.34. The Balaban J connectivity index is 2.75. The van der Waals surface area contributed by atoms with Crippen LogP contribution >= 0.6 is 0 Å². The lowest BCUT2D eigenvalue weighted by atomic mass is 10.1. The quantitative estimate of drug-likeness (QED) is 0.793. The lowest BCUT2D eigenvalue weighted by Crippen LogP contribution is -2.14. The molecular weight excluding hydrogens is 280 g/mol. The number of nitrogens with one attached hydrogen (secondary N) is 1. The molecular formula is C12H8F4N2O2. The van der Waals surface area contributed by atoms with Gasteiger partial charge in [0.1, 0.15) is 11.6 Å². The number of H-pyrrole nitrogens is 1. The molecule has 106 valence electrons. The molecule has 2 aromatic rings. The second kappa shape index (κ2) is 4.62. The van der Waals surface area contributed by atoms with Crippen molar-refractivity contribution in [3.8, 4) is 17.3 Å². The normalized spacial score (nSPS) is 11.7. The van der Waals surface area contributed by atoms with Crippen molar-refractivity contribution in [1.82, 2.24) is 9.97 Å². The van der Waals surface area contributed by atoms with E-state index in [1.165, 1.54) is 6.92 Å². The molecule has 8 heteroatoms. The Morgan fingerprint density at radius 3 is 2.50 bits per heavy atom. The molecule has 0 bridgehead atoms. The third kappa shape index (κ3) is 2.49. The van der Waals surface area contributed by atoms with Crippen molar-refractivity contribution in [2.45, 2.75) is 13.1 Å². The second-order valence-corrected chi connectivity index (χ2v) is 4.05. The van der Waals surface area contributed by atoms with Gasteiger partial charge in [0.15, 0.2) is 0 Å². The summed E-state index contributed by atoms with van der Waals surface area (Å²) in [7, 11) is 0. The van der Waals surface area contributed by atoms with E-state index in [0.717, 1.165) is 0 Å². The van der Waals surface area contributed by atoms with Crippen LogP contribution in [0.4, 0.5) is 17.6 Å². The van der Waals surface area contributed by atoms with E-state index in [4.69, 9.17) is 0 Å². The molecule has 1 heterocycles. The van der Waals surface area contributed by atoms with E-state index in [1.807, 2.05) is 0 Å². The van der Waals surface area contributed by atoms with Crippen LogP contribution in [0.15, 0.2) is 23.0 Å². The van der Waals surface area contributed by atoms with E-state index in [0.29, 0.717) is 18.2 Å². The molecule has 0 amide bonds. The van der Waals surface area contributed by atoms with Gasteiger partial charge in [-0.1, -0.05) is 0 Å². The predicted molar refractivity (Wildman–Crippen MR) is 61.7 cm³/mol. The first-order chi connectivity index (χ1) is 9.20. The predicted octanol–water partition coefficient (Wildman–Crippen LogP) is 2.61. The number of hydrogen-bond donors (Lipinski definition) is 2. The minimum atomic E-state index is -4.75. The highest BCUT2D eigenvalue weighted by atomic mass is 19.4. The van der Waals surface area contributed by atoms with Gasteiger partial charge in [0.05, 0.1) is 11.1 Å². The lowest BCUT2D eigenvalue weighted by molar-refractivity contribution is -0.137. The summed E-state index contributed by atoms with van der Waals surface area (Å²) in [6.07, 6.45) is -4.75. The van der Waals surface area contributed by atoms with Crippen LogP contribution in [0.2, 0.25) is 0 Å². The summed E-state index contributed by atoms with van der Waals surface area (Å²) in [5.74, 6) is -2.18. The van der Waals surface area contributed by atoms with Crippen molar-refractivity contribution >= 4 is 0 Å². The molecule has 1 aromatic carbocycles. The zero-order valence-electron chi connectivity index (χ0n) is 10.0. The summed E-state index contributed by atoms with van der Waals surface area (Å²) in [4.78, 5) is 17.0. The Hall–Kier alpha value is -2.38. The molecule has 2 N–H and O–H groups in total. The van der Waals surface area contributed by atoms with Crippen LogP contribution in [0.5, 0.6) is 5.88 Å². The average Bonchev–Trinajstić information content (AvgIpc) is 2.33. The van der Waals surface area contributed by atoms with E-state index in [1.54, 1.807) is 0 Å². The average molecular weight is 288 g/mol. The molecule has 0 atom stereocenters. The first-order valence-corrected chi connectivity index (χ1v) is 5.37. The molecule has 0 radical (unpaired) electrons. The molecule has 0 aliphatic heterocycles. The second-order valence-electron chi connectivity index (χ2n) is 4.05. The summed E-state index contributed by atoms with van der Waals surface area (Å²) in [5, 5.41) is 9.40. The summed E-state index contributed by atoms with van der Waals surface area (Å²) < 4.78 is 51.7. The van der Waals surface area contributed by atoms with Crippen molar-refractivity contribution in [1.29, 1.82) is 0 Å². The van der Waals surface area contributed by atoms with Crippen LogP contribution in [-0.4, -0.2) is 15.1 Å². The molecule has 20 heavy (non-hydrogen) atoms. The maximum Gasteiger partial charge on any atom is 0.417 e. The molecule has 0 aliphatic carbocycles. The van der Waals surface area contributed by atoms with Crippen LogP contribution in [0.1, 0.15) is 11.1 Å². The summed E-state index contributed by atoms with van der Waals surface area (Å²) >= 11 is 0. The summed E-state index contributed by atoms with van der Waals surface area (Å²) in [6.45, 7) is 1.25. The topological polar surface area (TPSA) is 66.0 Å². The van der Waals surface area contributed by atoms with Gasteiger partial charge >= 0.3 is 6.18 Å². The van der Waals surface area contributed by atoms with E-state index in [9.17, 15) is 27.5 Å². The molecule has 0 fully saturated rings. The van der Waals surface area contributed by atoms with Gasteiger partial charge < -0.3 is 10.1 Å². The molecule has 0 unspecified atom stereocenters. The first-order valence-electron chi connectivity index (χ1n) is 5.37. The van der Waals surface area contributed by atoms with Gasteiger partial charge in [-0.15, -0.1) is 0 Å². The van der Waals surface area contributed by atoms with E-state index in [2.05, 4.69) is 9.97 Å². The van der Waals surface area contributed by atoms with Crippen molar-refractivity contribution in [2.24, 2.45) is 0 Å². The highest BCUT2D eigenvalue weighted by Crippen LogP contribution is 2.36. The van der Waals surface area contributed by atoms with E-state index >= 15 is 0 Å². The van der Waals surface area contributed by atoms with Crippen LogP contribution in [0, 0.1) is 12.7 Å². The van der Waals surface area contributed by atoms with Gasteiger partial charge in [0.2, 0.25) is 5.88 Å². The standard InChI is InChI=1S/C12H8F4N2O2/c1-5-10(19)17-9(18-11(5)20)7-4-6(13)2-3-8(7)12(14,15)16/h2-4H,1H3,(H2,17,18,19,20). The SMILES string of the molecule is Cc1c(O)nc(-c2cc(F)ccc2C(F)(F)F)[nH]c1=O. The molecule has 0 spiro atoms. The molecule has 4 nitrogen and oxygen atoms in total. The van der Waals surface area contributed by atoms with Gasteiger partial charge in [-0.05, 0) is 25.1 Å². The molecule has 1 aromatic heterocycles. The van der Waals surface area contributed by atoms with Crippen molar-refractivity contribution < 1.29 is 22.7 Å². The molecule has 0 saturated heterocycles. The molecule has 2 rings (SSSR count). The largest absolute Gasteiger partial charge is 0.493 e. The smallest absolute Gasteiger partial charge is 0.417 e. The van der Waals surface area contributed by atoms with Crippen LogP contribution < -0.4 is 5.56 Å². The molecule has 0 aliphatic rings.